The molecule has 1 rings (SSSR count). The Morgan fingerprint density at radius 3 is 2.72 bits per heavy atom. The van der Waals surface area contributed by atoms with Gasteiger partial charge in [-0.2, -0.15) is 0 Å². The Labute approximate surface area is 106 Å². The van der Waals surface area contributed by atoms with E-state index < -0.39 is 0 Å². The molecule has 0 saturated heterocycles. The van der Waals surface area contributed by atoms with Crippen molar-refractivity contribution in [1.29, 1.82) is 0 Å². The lowest BCUT2D eigenvalue weighted by Crippen LogP contribution is -2.33. The molecule has 0 spiro atoms. The number of carbonyl (C=O) groups excluding carboxylic acids is 2. The second-order valence-corrected chi connectivity index (χ2v) is 3.62. The quantitative estimate of drug-likeness (QED) is 0.521. The van der Waals surface area contributed by atoms with Gasteiger partial charge in [0.15, 0.2) is 0 Å². The third-order valence-electron chi connectivity index (χ3n) is 2.14. The molecule has 0 fully saturated rings. The van der Waals surface area contributed by atoms with Crippen LogP contribution in [-0.4, -0.2) is 37.1 Å². The molecule has 1 aromatic rings. The Bertz CT molecular complexity index is 381. The first-order valence-electron chi connectivity index (χ1n) is 5.64. The number of nitrogens with zero attached hydrogens (tertiary/aromatic N) is 1. The van der Waals surface area contributed by atoms with Crippen LogP contribution in [0.5, 0.6) is 0 Å². The van der Waals surface area contributed by atoms with Crippen LogP contribution in [0.3, 0.4) is 0 Å². The molecule has 18 heavy (non-hydrogen) atoms. The maximum Gasteiger partial charge on any atom is 0.229 e. The van der Waals surface area contributed by atoms with Crippen LogP contribution in [0.15, 0.2) is 24.4 Å². The van der Waals surface area contributed by atoms with Gasteiger partial charge in [-0.3, -0.25) is 14.6 Å². The van der Waals surface area contributed by atoms with Crippen LogP contribution in [0.1, 0.15) is 12.1 Å². The van der Waals surface area contributed by atoms with Crippen LogP contribution in [-0.2, 0) is 20.9 Å². The summed E-state index contributed by atoms with van der Waals surface area (Å²) in [6.45, 7) is 1.16. The van der Waals surface area contributed by atoms with E-state index in [2.05, 4.69) is 15.6 Å². The van der Waals surface area contributed by atoms with E-state index in [9.17, 15) is 9.59 Å². The van der Waals surface area contributed by atoms with Gasteiger partial charge in [-0.05, 0) is 12.1 Å². The van der Waals surface area contributed by atoms with Gasteiger partial charge in [0.1, 0.15) is 6.42 Å². The number of aromatic nitrogens is 1. The molecular formula is C12H17N3O3. The fraction of sp³-hybridized carbons (Fsp3) is 0.417. The molecule has 0 aliphatic rings. The number of amides is 2. The predicted octanol–water partition coefficient (Wildman–Crippen LogP) is -0.149. The minimum absolute atomic E-state index is 0.184. The number of hydrogen-bond acceptors (Lipinski definition) is 4. The first-order chi connectivity index (χ1) is 8.72. The van der Waals surface area contributed by atoms with E-state index in [1.807, 2.05) is 6.07 Å². The van der Waals surface area contributed by atoms with Gasteiger partial charge in [-0.15, -0.1) is 0 Å². The van der Waals surface area contributed by atoms with Crippen LogP contribution >= 0.6 is 0 Å². The highest BCUT2D eigenvalue weighted by Gasteiger charge is 2.08. The Hall–Kier alpha value is -1.95. The SMILES string of the molecule is COCCNC(=O)CC(=O)NCc1ccccn1. The Kier molecular flexibility index (Phi) is 6.42. The third kappa shape index (κ3) is 5.95. The number of rotatable bonds is 7. The van der Waals surface area contributed by atoms with Crippen LogP contribution in [0, 0.1) is 0 Å². The molecule has 0 aliphatic heterocycles. The van der Waals surface area contributed by atoms with Crippen molar-refractivity contribution < 1.29 is 14.3 Å². The molecule has 0 bridgehead atoms. The van der Waals surface area contributed by atoms with Crippen molar-refractivity contribution in [3.8, 4) is 0 Å². The molecule has 1 heterocycles. The second kappa shape index (κ2) is 8.19. The van der Waals surface area contributed by atoms with Gasteiger partial charge in [0.25, 0.3) is 0 Å². The van der Waals surface area contributed by atoms with Crippen LogP contribution in [0.25, 0.3) is 0 Å². The maximum absolute atomic E-state index is 11.4. The molecule has 6 nitrogen and oxygen atoms in total. The average molecular weight is 251 g/mol. The zero-order valence-electron chi connectivity index (χ0n) is 10.3. The highest BCUT2D eigenvalue weighted by atomic mass is 16.5. The minimum atomic E-state index is -0.324. The van der Waals surface area contributed by atoms with Gasteiger partial charge in [0.2, 0.25) is 11.8 Å². The molecule has 0 aliphatic carbocycles. The summed E-state index contributed by atoms with van der Waals surface area (Å²) in [5.41, 5.74) is 0.755. The van der Waals surface area contributed by atoms with E-state index in [0.29, 0.717) is 19.7 Å². The lowest BCUT2D eigenvalue weighted by molar-refractivity contribution is -0.129. The van der Waals surface area contributed by atoms with Crippen molar-refractivity contribution in [1.82, 2.24) is 15.6 Å². The van der Waals surface area contributed by atoms with E-state index in [4.69, 9.17) is 4.74 Å². The smallest absolute Gasteiger partial charge is 0.229 e. The lowest BCUT2D eigenvalue weighted by atomic mass is 10.3. The van der Waals surface area contributed by atoms with Crippen LogP contribution in [0.4, 0.5) is 0 Å². The molecule has 0 radical (unpaired) electrons. The standard InChI is InChI=1S/C12H17N3O3/c1-18-7-6-14-11(16)8-12(17)15-9-10-4-2-3-5-13-10/h2-5H,6-9H2,1H3,(H,14,16)(H,15,17). The van der Waals surface area contributed by atoms with E-state index in [-0.39, 0.29) is 18.2 Å². The number of carbonyl (C=O) groups is 2. The molecule has 0 atom stereocenters. The summed E-state index contributed by atoms with van der Waals surface area (Å²) < 4.78 is 4.78. The van der Waals surface area contributed by atoms with E-state index >= 15 is 0 Å². The van der Waals surface area contributed by atoms with Gasteiger partial charge in [-0.25, -0.2) is 0 Å². The average Bonchev–Trinajstić information content (AvgIpc) is 2.38. The maximum atomic E-state index is 11.4. The summed E-state index contributed by atoms with van der Waals surface area (Å²) in [6, 6.07) is 5.44. The number of pyridine rings is 1. The van der Waals surface area contributed by atoms with Crippen LogP contribution < -0.4 is 10.6 Å². The minimum Gasteiger partial charge on any atom is -0.383 e. The fourth-order valence-electron chi connectivity index (χ4n) is 1.26. The van der Waals surface area contributed by atoms with Crippen molar-refractivity contribution in [2.75, 3.05) is 20.3 Å². The second-order valence-electron chi connectivity index (χ2n) is 3.62. The highest BCUT2D eigenvalue weighted by molar-refractivity contribution is 5.96. The Morgan fingerprint density at radius 2 is 2.06 bits per heavy atom. The zero-order chi connectivity index (χ0) is 13.2. The van der Waals surface area contributed by atoms with E-state index in [1.54, 1.807) is 25.4 Å². The van der Waals surface area contributed by atoms with E-state index in [0.717, 1.165) is 5.69 Å². The summed E-state index contributed by atoms with van der Waals surface area (Å²) in [6.07, 6.45) is 1.47. The summed E-state index contributed by atoms with van der Waals surface area (Å²) in [5, 5.41) is 5.20. The van der Waals surface area contributed by atoms with Gasteiger partial charge in [0.05, 0.1) is 18.8 Å². The Balaban J connectivity index is 2.19. The molecule has 0 unspecified atom stereocenters. The monoisotopic (exact) mass is 251 g/mol. The summed E-state index contributed by atoms with van der Waals surface area (Å²) >= 11 is 0. The molecule has 0 aromatic carbocycles. The molecule has 98 valence electrons. The molecule has 1 aromatic heterocycles. The summed E-state index contributed by atoms with van der Waals surface area (Å²) in [7, 11) is 1.55. The lowest BCUT2D eigenvalue weighted by Gasteiger charge is -2.05. The topological polar surface area (TPSA) is 80.3 Å². The van der Waals surface area contributed by atoms with Crippen molar-refractivity contribution in [2.24, 2.45) is 0 Å². The number of nitrogens with one attached hydrogen (secondary N) is 2. The molecule has 2 amide bonds. The normalized spacial score (nSPS) is 9.83. The van der Waals surface area contributed by atoms with Crippen molar-refractivity contribution in [3.05, 3.63) is 30.1 Å². The summed E-state index contributed by atoms with van der Waals surface area (Å²) in [4.78, 5) is 26.8. The Morgan fingerprint density at radius 1 is 1.28 bits per heavy atom. The van der Waals surface area contributed by atoms with Crippen molar-refractivity contribution >= 4 is 11.8 Å². The van der Waals surface area contributed by atoms with Gasteiger partial charge in [-0.1, -0.05) is 6.07 Å². The molecule has 2 N–H and O–H groups in total. The first-order valence-corrected chi connectivity index (χ1v) is 5.64. The van der Waals surface area contributed by atoms with Gasteiger partial charge < -0.3 is 15.4 Å². The van der Waals surface area contributed by atoms with Gasteiger partial charge >= 0.3 is 0 Å². The zero-order valence-corrected chi connectivity index (χ0v) is 10.3. The first kappa shape index (κ1) is 14.1. The number of methoxy groups -OCH3 is 1. The van der Waals surface area contributed by atoms with Crippen LogP contribution in [0.2, 0.25) is 0 Å². The third-order valence-corrected chi connectivity index (χ3v) is 2.14. The highest BCUT2D eigenvalue weighted by Crippen LogP contribution is 1.92. The largest absolute Gasteiger partial charge is 0.383 e. The van der Waals surface area contributed by atoms with Crippen molar-refractivity contribution in [3.63, 3.8) is 0 Å². The van der Waals surface area contributed by atoms with Crippen molar-refractivity contribution in [2.45, 2.75) is 13.0 Å². The number of hydrogen-bond donors (Lipinski definition) is 2. The van der Waals surface area contributed by atoms with Gasteiger partial charge in [0, 0.05) is 19.9 Å². The summed E-state index contributed by atoms with van der Waals surface area (Å²) in [5.74, 6) is -0.638. The molecular weight excluding hydrogens is 234 g/mol. The number of ether oxygens (including phenoxy) is 1. The van der Waals surface area contributed by atoms with E-state index in [1.165, 1.54) is 0 Å². The fourth-order valence-corrected chi connectivity index (χ4v) is 1.26. The predicted molar refractivity (Wildman–Crippen MR) is 65.6 cm³/mol. The molecule has 6 heteroatoms. The molecule has 0 saturated carbocycles.